The monoisotopic (exact) mass is 265 g/mol. The molecule has 0 aliphatic carbocycles. The lowest BCUT2D eigenvalue weighted by Gasteiger charge is -2.41. The van der Waals surface area contributed by atoms with E-state index in [0.717, 1.165) is 6.42 Å². The Labute approximate surface area is 112 Å². The minimum Gasteiger partial charge on any atom is -0.469 e. The second-order valence-corrected chi connectivity index (χ2v) is 6.35. The third kappa shape index (κ3) is 1.79. The van der Waals surface area contributed by atoms with E-state index >= 15 is 0 Å². The first-order valence-corrected chi connectivity index (χ1v) is 7.43. The number of esters is 1. The average molecular weight is 265 g/mol. The molecule has 0 N–H and O–H groups in total. The van der Waals surface area contributed by atoms with E-state index < -0.39 is 0 Å². The zero-order valence-corrected chi connectivity index (χ0v) is 11.7. The number of fused-ring (bicyclic) bond motifs is 2. The van der Waals surface area contributed by atoms with Crippen LogP contribution in [-0.2, 0) is 9.53 Å². The number of nitrogens with zero attached hydrogens (tertiary/aromatic N) is 1. The fourth-order valence-corrected chi connectivity index (χ4v) is 4.68. The lowest BCUT2D eigenvalue weighted by atomic mass is 9.79. The molecule has 3 nitrogen and oxygen atoms in total. The van der Waals surface area contributed by atoms with Crippen molar-refractivity contribution in [2.75, 3.05) is 14.2 Å². The molecule has 3 rings (SSSR count). The van der Waals surface area contributed by atoms with Crippen LogP contribution in [0.5, 0.6) is 0 Å². The quantitative estimate of drug-likeness (QED) is 0.769. The number of piperidine rings is 1. The molecule has 2 aliphatic heterocycles. The first-order valence-electron chi connectivity index (χ1n) is 6.55. The number of hydrogen-bond acceptors (Lipinski definition) is 4. The molecule has 4 heteroatoms. The van der Waals surface area contributed by atoms with E-state index in [-0.39, 0.29) is 11.9 Å². The van der Waals surface area contributed by atoms with Gasteiger partial charge < -0.3 is 4.74 Å². The van der Waals surface area contributed by atoms with E-state index in [0.29, 0.717) is 18.0 Å². The van der Waals surface area contributed by atoms with Gasteiger partial charge in [0.2, 0.25) is 0 Å². The predicted molar refractivity (Wildman–Crippen MR) is 71.8 cm³/mol. The van der Waals surface area contributed by atoms with Crippen LogP contribution in [0.1, 0.15) is 30.1 Å². The molecule has 0 amide bonds. The first kappa shape index (κ1) is 12.2. The number of hydrogen-bond donors (Lipinski definition) is 0. The second-order valence-electron chi connectivity index (χ2n) is 5.37. The number of ether oxygens (including phenoxy) is 1. The van der Waals surface area contributed by atoms with E-state index in [4.69, 9.17) is 4.74 Å². The van der Waals surface area contributed by atoms with Gasteiger partial charge in [-0.15, -0.1) is 11.3 Å². The van der Waals surface area contributed by atoms with Crippen LogP contribution in [0, 0.1) is 5.92 Å². The Balaban J connectivity index is 1.96. The summed E-state index contributed by atoms with van der Waals surface area (Å²) >= 11 is 1.77. The van der Waals surface area contributed by atoms with Gasteiger partial charge in [0.05, 0.1) is 13.0 Å². The van der Waals surface area contributed by atoms with Crippen LogP contribution >= 0.6 is 11.3 Å². The van der Waals surface area contributed by atoms with Crippen LogP contribution in [0.4, 0.5) is 0 Å². The molecule has 3 heterocycles. The number of rotatable bonds is 2. The summed E-state index contributed by atoms with van der Waals surface area (Å²) < 4.78 is 5.02. The number of thiophene rings is 1. The molecule has 0 saturated carbocycles. The molecule has 2 fully saturated rings. The normalized spacial score (nSPS) is 35.7. The Morgan fingerprint density at radius 1 is 1.50 bits per heavy atom. The summed E-state index contributed by atoms with van der Waals surface area (Å²) in [4.78, 5) is 15.9. The standard InChI is InChI=1S/C14H19NO2S/c1-15-9-5-6-11(15)13(12-4-3-7-18-12)10(8-9)14(16)17-2/h3-4,7,9-11,13H,5-6,8H2,1-2H3/t9-,10-,11-,13+/m1/s1. The molecule has 2 saturated heterocycles. The molecular weight excluding hydrogens is 246 g/mol. The molecule has 98 valence electrons. The molecule has 2 bridgehead atoms. The van der Waals surface area contributed by atoms with Gasteiger partial charge in [0.15, 0.2) is 0 Å². The summed E-state index contributed by atoms with van der Waals surface area (Å²) in [5.74, 6) is 0.335. The van der Waals surface area contributed by atoms with E-state index in [1.165, 1.54) is 24.8 Å². The Morgan fingerprint density at radius 2 is 2.33 bits per heavy atom. The SMILES string of the molecule is COC(=O)[C@@H]1C[C@H]2CC[C@H]([C@H]1c1cccs1)N2C. The maximum Gasteiger partial charge on any atom is 0.309 e. The van der Waals surface area contributed by atoms with Crippen molar-refractivity contribution in [1.82, 2.24) is 4.90 Å². The molecule has 1 aromatic heterocycles. The van der Waals surface area contributed by atoms with Crippen LogP contribution < -0.4 is 0 Å². The van der Waals surface area contributed by atoms with E-state index in [1.54, 1.807) is 11.3 Å². The summed E-state index contributed by atoms with van der Waals surface area (Å²) in [7, 11) is 3.71. The van der Waals surface area contributed by atoms with Crippen molar-refractivity contribution < 1.29 is 9.53 Å². The van der Waals surface area contributed by atoms with Gasteiger partial charge in [-0.1, -0.05) is 6.07 Å². The second kappa shape index (κ2) is 4.67. The molecule has 2 aliphatic rings. The van der Waals surface area contributed by atoms with Crippen molar-refractivity contribution in [3.8, 4) is 0 Å². The summed E-state index contributed by atoms with van der Waals surface area (Å²) in [5.41, 5.74) is 0. The summed E-state index contributed by atoms with van der Waals surface area (Å²) in [6, 6.07) is 5.31. The molecule has 18 heavy (non-hydrogen) atoms. The minimum atomic E-state index is -0.0293. The molecule has 4 atom stereocenters. The maximum atomic E-state index is 12.1. The van der Waals surface area contributed by atoms with Crippen molar-refractivity contribution >= 4 is 17.3 Å². The molecule has 0 aromatic carbocycles. The number of methoxy groups -OCH3 is 1. The van der Waals surface area contributed by atoms with Gasteiger partial charge in [0.1, 0.15) is 0 Å². The molecule has 0 unspecified atom stereocenters. The molecule has 1 aromatic rings. The minimum absolute atomic E-state index is 0.0293. The summed E-state index contributed by atoms with van der Waals surface area (Å²) in [6.07, 6.45) is 3.37. The van der Waals surface area contributed by atoms with Crippen LogP contribution in [0.3, 0.4) is 0 Å². The molecule has 0 radical (unpaired) electrons. The highest BCUT2D eigenvalue weighted by Crippen LogP contribution is 2.47. The van der Waals surface area contributed by atoms with E-state index in [1.807, 2.05) is 0 Å². The Bertz CT molecular complexity index is 431. The molecule has 0 spiro atoms. The summed E-state index contributed by atoms with van der Waals surface area (Å²) in [6.45, 7) is 0. The van der Waals surface area contributed by atoms with E-state index in [2.05, 4.69) is 29.5 Å². The van der Waals surface area contributed by atoms with Gasteiger partial charge in [-0.25, -0.2) is 0 Å². The zero-order chi connectivity index (χ0) is 12.7. The molecular formula is C14H19NO2S. The van der Waals surface area contributed by atoms with Crippen molar-refractivity contribution in [3.05, 3.63) is 22.4 Å². The van der Waals surface area contributed by atoms with Crippen molar-refractivity contribution in [3.63, 3.8) is 0 Å². The average Bonchev–Trinajstić information content (AvgIpc) is 2.97. The third-order valence-corrected chi connectivity index (χ3v) is 5.62. The van der Waals surface area contributed by atoms with Crippen LogP contribution in [0.15, 0.2) is 17.5 Å². The van der Waals surface area contributed by atoms with Crippen molar-refractivity contribution in [1.29, 1.82) is 0 Å². The Morgan fingerprint density at radius 3 is 3.00 bits per heavy atom. The van der Waals surface area contributed by atoms with Gasteiger partial charge >= 0.3 is 5.97 Å². The maximum absolute atomic E-state index is 12.1. The van der Waals surface area contributed by atoms with Crippen molar-refractivity contribution in [2.24, 2.45) is 5.92 Å². The number of carbonyl (C=O) groups excluding carboxylic acids is 1. The topological polar surface area (TPSA) is 29.5 Å². The Hall–Kier alpha value is -0.870. The number of carbonyl (C=O) groups is 1. The highest BCUT2D eigenvalue weighted by Gasteiger charge is 2.49. The van der Waals surface area contributed by atoms with Crippen molar-refractivity contribution in [2.45, 2.75) is 37.3 Å². The van der Waals surface area contributed by atoms with Gasteiger partial charge in [0, 0.05) is 22.9 Å². The highest BCUT2D eigenvalue weighted by atomic mass is 32.1. The highest BCUT2D eigenvalue weighted by molar-refractivity contribution is 7.10. The van der Waals surface area contributed by atoms with Gasteiger partial charge in [-0.2, -0.15) is 0 Å². The largest absolute Gasteiger partial charge is 0.469 e. The van der Waals surface area contributed by atoms with E-state index in [9.17, 15) is 4.79 Å². The lowest BCUT2D eigenvalue weighted by molar-refractivity contribution is -0.149. The van der Waals surface area contributed by atoms with Gasteiger partial charge in [-0.3, -0.25) is 9.69 Å². The third-order valence-electron chi connectivity index (χ3n) is 4.64. The van der Waals surface area contributed by atoms with Gasteiger partial charge in [0.25, 0.3) is 0 Å². The fourth-order valence-electron chi connectivity index (χ4n) is 3.73. The smallest absolute Gasteiger partial charge is 0.309 e. The fraction of sp³-hybridized carbons (Fsp3) is 0.643. The number of likely N-dealkylation sites (N-methyl/N-ethyl adjacent to an activating group) is 1. The first-order chi connectivity index (χ1) is 8.72. The summed E-state index contributed by atoms with van der Waals surface area (Å²) in [5, 5.41) is 2.10. The Kier molecular flexibility index (Phi) is 3.16. The van der Waals surface area contributed by atoms with Gasteiger partial charge in [-0.05, 0) is 37.8 Å². The van der Waals surface area contributed by atoms with Crippen LogP contribution in [-0.4, -0.2) is 37.1 Å². The zero-order valence-electron chi connectivity index (χ0n) is 10.8. The predicted octanol–water partition coefficient (Wildman–Crippen LogP) is 2.49. The van der Waals surface area contributed by atoms with Crippen LogP contribution in [0.2, 0.25) is 0 Å². The lowest BCUT2D eigenvalue weighted by Crippen LogP contribution is -2.47. The van der Waals surface area contributed by atoms with Crippen LogP contribution in [0.25, 0.3) is 0 Å².